The van der Waals surface area contributed by atoms with E-state index in [-0.39, 0.29) is 40.2 Å². The maximum atomic E-state index is 14.3. The molecular formula is C23H23FN2O6S2. The van der Waals surface area contributed by atoms with Crippen LogP contribution in [0.4, 0.5) is 9.39 Å². The minimum atomic E-state index is -4.36. The van der Waals surface area contributed by atoms with Crippen molar-refractivity contribution in [1.29, 1.82) is 0 Å². The highest BCUT2D eigenvalue weighted by molar-refractivity contribution is 7.93. The predicted octanol–water partition coefficient (Wildman–Crippen LogP) is 4.31. The van der Waals surface area contributed by atoms with E-state index in [1.54, 1.807) is 24.3 Å². The first-order chi connectivity index (χ1) is 16.2. The number of carbonyl (C=O) groups excluding carboxylic acids is 2. The van der Waals surface area contributed by atoms with Gasteiger partial charge in [-0.3, -0.25) is 9.10 Å². The molecule has 0 aliphatic heterocycles. The number of aldehydes is 1. The molecule has 1 aromatic heterocycles. The molecule has 2 aromatic carbocycles. The number of sulfonamides is 1. The zero-order valence-corrected chi connectivity index (χ0v) is 20.4. The normalized spacial score (nSPS) is 11.3. The molecule has 0 spiro atoms. The van der Waals surface area contributed by atoms with Crippen molar-refractivity contribution in [1.82, 2.24) is 4.98 Å². The van der Waals surface area contributed by atoms with Crippen LogP contribution in [0.2, 0.25) is 0 Å². The average Bonchev–Trinajstić information content (AvgIpc) is 3.30. The van der Waals surface area contributed by atoms with E-state index in [1.807, 2.05) is 13.8 Å². The van der Waals surface area contributed by atoms with Crippen molar-refractivity contribution >= 4 is 38.6 Å². The Balaban J connectivity index is 2.08. The Hall–Kier alpha value is -3.31. The Labute approximate surface area is 201 Å². The van der Waals surface area contributed by atoms with Gasteiger partial charge in [-0.25, -0.2) is 22.6 Å². The van der Waals surface area contributed by atoms with Crippen LogP contribution in [0.3, 0.4) is 0 Å². The first-order valence-corrected chi connectivity index (χ1v) is 12.5. The summed E-state index contributed by atoms with van der Waals surface area (Å²) >= 11 is 0.941. The van der Waals surface area contributed by atoms with Gasteiger partial charge in [0.05, 0.1) is 36.2 Å². The molecule has 3 aromatic rings. The third-order valence-electron chi connectivity index (χ3n) is 4.69. The number of ether oxygens (including phenoxy) is 2. The number of aromatic nitrogens is 1. The third-order valence-corrected chi connectivity index (χ3v) is 7.39. The third kappa shape index (κ3) is 5.60. The maximum absolute atomic E-state index is 14.3. The van der Waals surface area contributed by atoms with E-state index >= 15 is 0 Å². The molecule has 1 heterocycles. The molecule has 0 saturated heterocycles. The first-order valence-electron chi connectivity index (χ1n) is 10.2. The summed E-state index contributed by atoms with van der Waals surface area (Å²) in [5.41, 5.74) is 1.50. The van der Waals surface area contributed by atoms with E-state index in [9.17, 15) is 22.4 Å². The minimum Gasteiger partial charge on any atom is -0.497 e. The van der Waals surface area contributed by atoms with Gasteiger partial charge in [-0.1, -0.05) is 26.0 Å². The number of benzene rings is 2. The fourth-order valence-electron chi connectivity index (χ4n) is 2.92. The second-order valence-corrected chi connectivity index (χ2v) is 10.4. The predicted molar refractivity (Wildman–Crippen MR) is 125 cm³/mol. The number of thiazole rings is 1. The van der Waals surface area contributed by atoms with Crippen LogP contribution < -0.4 is 9.04 Å². The molecule has 0 atom stereocenters. The number of nitrogens with zero attached hydrogens (tertiary/aromatic N) is 2. The van der Waals surface area contributed by atoms with Crippen LogP contribution in [0, 0.1) is 11.7 Å². The summed E-state index contributed by atoms with van der Waals surface area (Å²) in [6.07, 6.45) is 0.298. The molecule has 0 aliphatic rings. The van der Waals surface area contributed by atoms with Crippen LogP contribution in [0.25, 0.3) is 0 Å². The highest BCUT2D eigenvalue weighted by Crippen LogP contribution is 2.33. The van der Waals surface area contributed by atoms with E-state index in [1.165, 1.54) is 12.6 Å². The molecule has 0 N–H and O–H groups in total. The van der Waals surface area contributed by atoms with Gasteiger partial charge < -0.3 is 9.47 Å². The number of halogens is 1. The zero-order valence-electron chi connectivity index (χ0n) is 18.7. The molecule has 0 bridgehead atoms. The number of esters is 1. The highest BCUT2D eigenvalue weighted by Gasteiger charge is 2.32. The molecule has 3 rings (SSSR count). The Morgan fingerprint density at radius 1 is 1.21 bits per heavy atom. The van der Waals surface area contributed by atoms with Crippen molar-refractivity contribution in [3.8, 4) is 5.75 Å². The molecule has 34 heavy (non-hydrogen) atoms. The lowest BCUT2D eigenvalue weighted by Gasteiger charge is -2.24. The van der Waals surface area contributed by atoms with Crippen molar-refractivity contribution in [3.05, 3.63) is 70.6 Å². The van der Waals surface area contributed by atoms with Gasteiger partial charge in [0.25, 0.3) is 10.0 Å². The molecular weight excluding hydrogens is 483 g/mol. The molecule has 0 aliphatic carbocycles. The molecule has 8 nitrogen and oxygen atoms in total. The molecule has 180 valence electrons. The summed E-state index contributed by atoms with van der Waals surface area (Å²) in [5.74, 6) is -1.08. The lowest BCUT2D eigenvalue weighted by molar-refractivity contribution is 0.0454. The lowest BCUT2D eigenvalue weighted by atomic mass is 10.2. The number of anilines is 1. The van der Waals surface area contributed by atoms with E-state index < -0.39 is 21.8 Å². The smallest absolute Gasteiger partial charge is 0.360 e. The SMILES string of the molecule is COc1ccc(CN(c2scnc2C(=O)OCC(C)C)S(=O)(=O)c2ccc(C=O)c(F)c2)cc1. The second-order valence-electron chi connectivity index (χ2n) is 7.66. The number of hydrogen-bond acceptors (Lipinski definition) is 8. The summed E-state index contributed by atoms with van der Waals surface area (Å²) in [6, 6.07) is 9.70. The van der Waals surface area contributed by atoms with Gasteiger partial charge in [0.2, 0.25) is 0 Å². The van der Waals surface area contributed by atoms with E-state index in [0.29, 0.717) is 17.6 Å². The Morgan fingerprint density at radius 2 is 1.91 bits per heavy atom. The molecule has 0 amide bonds. The van der Waals surface area contributed by atoms with Gasteiger partial charge in [-0.2, -0.15) is 0 Å². The van der Waals surface area contributed by atoms with Gasteiger partial charge in [0.1, 0.15) is 16.6 Å². The van der Waals surface area contributed by atoms with Crippen molar-refractivity contribution in [3.63, 3.8) is 0 Å². The fraction of sp³-hybridized carbons (Fsp3) is 0.261. The monoisotopic (exact) mass is 506 g/mol. The van der Waals surface area contributed by atoms with Crippen LogP contribution in [0.1, 0.15) is 40.3 Å². The summed E-state index contributed by atoms with van der Waals surface area (Å²) in [5, 5.41) is 0.0319. The molecule has 0 saturated carbocycles. The number of methoxy groups -OCH3 is 1. The summed E-state index contributed by atoms with van der Waals surface area (Å²) < 4.78 is 52.9. The molecule has 11 heteroatoms. The summed E-state index contributed by atoms with van der Waals surface area (Å²) in [7, 11) is -2.85. The van der Waals surface area contributed by atoms with Gasteiger partial charge in [-0.15, -0.1) is 11.3 Å². The van der Waals surface area contributed by atoms with Crippen molar-refractivity contribution in [2.75, 3.05) is 18.0 Å². The lowest BCUT2D eigenvalue weighted by Crippen LogP contribution is -2.31. The molecule has 0 fully saturated rings. The van der Waals surface area contributed by atoms with Crippen molar-refractivity contribution < 1.29 is 31.9 Å². The van der Waals surface area contributed by atoms with Gasteiger partial charge in [0.15, 0.2) is 12.0 Å². The summed E-state index contributed by atoms with van der Waals surface area (Å²) in [4.78, 5) is 27.3. The van der Waals surface area contributed by atoms with Crippen LogP contribution in [0.5, 0.6) is 5.75 Å². The first kappa shape index (κ1) is 25.3. The number of hydrogen-bond donors (Lipinski definition) is 0. The minimum absolute atomic E-state index is 0.0319. The molecule has 0 unspecified atom stereocenters. The number of carbonyl (C=O) groups is 2. The van der Waals surface area contributed by atoms with Gasteiger partial charge >= 0.3 is 5.97 Å². The largest absolute Gasteiger partial charge is 0.497 e. The van der Waals surface area contributed by atoms with Crippen LogP contribution in [-0.2, 0) is 21.3 Å². The fourth-order valence-corrected chi connectivity index (χ4v) is 5.40. The van der Waals surface area contributed by atoms with Crippen molar-refractivity contribution in [2.45, 2.75) is 25.3 Å². The molecule has 0 radical (unpaired) electrons. The maximum Gasteiger partial charge on any atom is 0.360 e. The van der Waals surface area contributed by atoms with E-state index in [4.69, 9.17) is 9.47 Å². The van der Waals surface area contributed by atoms with E-state index in [0.717, 1.165) is 33.8 Å². The van der Waals surface area contributed by atoms with Crippen LogP contribution in [-0.4, -0.2) is 39.4 Å². The highest BCUT2D eigenvalue weighted by atomic mass is 32.2. The second kappa shape index (κ2) is 10.7. The van der Waals surface area contributed by atoms with E-state index in [2.05, 4.69) is 4.98 Å². The Morgan fingerprint density at radius 3 is 2.50 bits per heavy atom. The Bertz CT molecular complexity index is 1270. The van der Waals surface area contributed by atoms with Crippen molar-refractivity contribution in [2.24, 2.45) is 5.92 Å². The summed E-state index contributed by atoms with van der Waals surface area (Å²) in [6.45, 7) is 3.70. The van der Waals surface area contributed by atoms with Crippen LogP contribution >= 0.6 is 11.3 Å². The van der Waals surface area contributed by atoms with Gasteiger partial charge in [0, 0.05) is 0 Å². The quantitative estimate of drug-likeness (QED) is 0.298. The average molecular weight is 507 g/mol. The topological polar surface area (TPSA) is 103 Å². The van der Waals surface area contributed by atoms with Crippen LogP contribution in [0.15, 0.2) is 52.9 Å². The number of rotatable bonds is 10. The zero-order chi connectivity index (χ0) is 24.9. The standard InChI is InChI=1S/C23H23FN2O6S2/c1-15(2)13-32-23(28)21-22(33-14-25-21)26(11-16-4-7-18(31-3)8-5-16)34(29,30)19-9-6-17(12-27)20(24)10-19/h4-10,12,14-15H,11,13H2,1-3H3. The Kier molecular flexibility index (Phi) is 8.00. The van der Waals surface area contributed by atoms with Gasteiger partial charge in [-0.05, 0) is 41.8 Å².